The largest absolute Gasteiger partial charge is 0.493 e. The van der Waals surface area contributed by atoms with Gasteiger partial charge < -0.3 is 10.5 Å². The van der Waals surface area contributed by atoms with Gasteiger partial charge in [-0.05, 0) is 36.6 Å². The van der Waals surface area contributed by atoms with Gasteiger partial charge in [0.25, 0.3) is 0 Å². The molecule has 1 aromatic carbocycles. The Morgan fingerprint density at radius 3 is 2.47 bits per heavy atom. The van der Waals surface area contributed by atoms with Crippen LogP contribution in [-0.4, -0.2) is 13.2 Å². The van der Waals surface area contributed by atoms with Crippen molar-refractivity contribution in [2.45, 2.75) is 26.7 Å². The van der Waals surface area contributed by atoms with E-state index in [0.29, 0.717) is 12.5 Å². The van der Waals surface area contributed by atoms with E-state index in [1.54, 1.807) is 0 Å². The molecule has 0 spiro atoms. The minimum Gasteiger partial charge on any atom is -0.493 e. The Morgan fingerprint density at radius 2 is 1.93 bits per heavy atom. The van der Waals surface area contributed by atoms with E-state index in [0.717, 1.165) is 25.2 Å². The van der Waals surface area contributed by atoms with Crippen molar-refractivity contribution in [1.29, 1.82) is 0 Å². The molecule has 0 fully saturated rings. The zero-order chi connectivity index (χ0) is 11.1. The van der Waals surface area contributed by atoms with Crippen molar-refractivity contribution in [2.24, 2.45) is 11.7 Å². The van der Waals surface area contributed by atoms with Gasteiger partial charge in [-0.25, -0.2) is 0 Å². The molecule has 15 heavy (non-hydrogen) atoms. The second-order valence-electron chi connectivity index (χ2n) is 4.01. The van der Waals surface area contributed by atoms with E-state index < -0.39 is 0 Å². The Morgan fingerprint density at radius 1 is 1.27 bits per heavy atom. The Kier molecular flexibility index (Phi) is 5.19. The molecule has 0 aliphatic rings. The summed E-state index contributed by atoms with van der Waals surface area (Å²) >= 11 is 0. The summed E-state index contributed by atoms with van der Waals surface area (Å²) in [5.74, 6) is 1.57. The highest BCUT2D eigenvalue weighted by atomic mass is 16.5. The normalized spacial score (nSPS) is 12.5. The molecule has 0 bridgehead atoms. The molecule has 1 rings (SSSR count). The lowest BCUT2D eigenvalue weighted by Gasteiger charge is -2.11. The quantitative estimate of drug-likeness (QED) is 0.778. The lowest BCUT2D eigenvalue weighted by molar-refractivity contribution is 0.256. The van der Waals surface area contributed by atoms with Crippen LogP contribution in [0.15, 0.2) is 24.3 Å². The van der Waals surface area contributed by atoms with Gasteiger partial charge in [-0.1, -0.05) is 32.4 Å². The van der Waals surface area contributed by atoms with Gasteiger partial charge >= 0.3 is 0 Å². The number of hydrogen-bond acceptors (Lipinski definition) is 2. The van der Waals surface area contributed by atoms with Crippen molar-refractivity contribution in [2.75, 3.05) is 13.2 Å². The molecule has 2 nitrogen and oxygen atoms in total. The van der Waals surface area contributed by atoms with E-state index in [1.165, 1.54) is 5.56 Å². The van der Waals surface area contributed by atoms with Gasteiger partial charge in [0.05, 0.1) is 6.61 Å². The molecule has 0 aliphatic carbocycles. The van der Waals surface area contributed by atoms with Crippen LogP contribution in [0, 0.1) is 5.92 Å². The average Bonchev–Trinajstić information content (AvgIpc) is 2.28. The van der Waals surface area contributed by atoms with Crippen molar-refractivity contribution in [3.8, 4) is 5.75 Å². The second-order valence-corrected chi connectivity index (χ2v) is 4.01. The first-order valence-electron chi connectivity index (χ1n) is 5.68. The maximum absolute atomic E-state index is 5.66. The van der Waals surface area contributed by atoms with Crippen molar-refractivity contribution >= 4 is 0 Å². The zero-order valence-corrected chi connectivity index (χ0v) is 9.70. The van der Waals surface area contributed by atoms with Gasteiger partial charge in [-0.2, -0.15) is 0 Å². The van der Waals surface area contributed by atoms with Gasteiger partial charge in [-0.3, -0.25) is 0 Å². The summed E-state index contributed by atoms with van der Waals surface area (Å²) in [7, 11) is 0. The molecule has 1 aromatic rings. The summed E-state index contributed by atoms with van der Waals surface area (Å²) in [5, 5.41) is 0. The van der Waals surface area contributed by atoms with Crippen molar-refractivity contribution < 1.29 is 4.74 Å². The molecule has 1 unspecified atom stereocenters. The van der Waals surface area contributed by atoms with E-state index in [2.05, 4.69) is 26.0 Å². The van der Waals surface area contributed by atoms with Gasteiger partial charge in [0.1, 0.15) is 5.75 Å². The van der Waals surface area contributed by atoms with Crippen LogP contribution in [0.1, 0.15) is 25.8 Å². The van der Waals surface area contributed by atoms with Crippen LogP contribution in [0.2, 0.25) is 0 Å². The van der Waals surface area contributed by atoms with E-state index in [9.17, 15) is 0 Å². The summed E-state index contributed by atoms with van der Waals surface area (Å²) < 4.78 is 5.66. The molecule has 0 saturated carbocycles. The fraction of sp³-hybridized carbons (Fsp3) is 0.538. The van der Waals surface area contributed by atoms with Gasteiger partial charge in [0, 0.05) is 0 Å². The van der Waals surface area contributed by atoms with Crippen molar-refractivity contribution in [1.82, 2.24) is 0 Å². The standard InChI is InChI=1S/C13H21NO/c1-3-11(2)10-15-13-6-4-12(5-7-13)8-9-14/h4-7,11H,3,8-10,14H2,1-2H3. The summed E-state index contributed by atoms with van der Waals surface area (Å²) in [6, 6.07) is 8.21. The molecule has 84 valence electrons. The first-order chi connectivity index (χ1) is 7.26. The molecule has 0 saturated heterocycles. The number of benzene rings is 1. The lowest BCUT2D eigenvalue weighted by Crippen LogP contribution is -2.07. The lowest BCUT2D eigenvalue weighted by atomic mass is 10.1. The highest BCUT2D eigenvalue weighted by Crippen LogP contribution is 2.14. The minimum absolute atomic E-state index is 0.619. The fourth-order valence-corrected chi connectivity index (χ4v) is 1.28. The molecule has 0 aliphatic heterocycles. The first kappa shape index (κ1) is 12.1. The summed E-state index contributed by atoms with van der Waals surface area (Å²) in [6.07, 6.45) is 2.09. The molecule has 2 heteroatoms. The van der Waals surface area contributed by atoms with E-state index in [4.69, 9.17) is 10.5 Å². The SMILES string of the molecule is CCC(C)COc1ccc(CCN)cc1. The summed E-state index contributed by atoms with van der Waals surface area (Å²) in [6.45, 7) is 5.88. The smallest absolute Gasteiger partial charge is 0.119 e. The van der Waals surface area contributed by atoms with Crippen LogP contribution in [0.4, 0.5) is 0 Å². The van der Waals surface area contributed by atoms with Crippen LogP contribution in [0.25, 0.3) is 0 Å². The number of hydrogen-bond donors (Lipinski definition) is 1. The summed E-state index contributed by atoms with van der Waals surface area (Å²) in [4.78, 5) is 0. The molecule has 0 heterocycles. The molecular weight excluding hydrogens is 186 g/mol. The summed E-state index contributed by atoms with van der Waals surface area (Å²) in [5.41, 5.74) is 6.76. The molecular formula is C13H21NO. The Hall–Kier alpha value is -1.02. The third kappa shape index (κ3) is 4.34. The first-order valence-corrected chi connectivity index (χ1v) is 5.68. The highest BCUT2D eigenvalue weighted by Gasteiger charge is 2.00. The minimum atomic E-state index is 0.619. The van der Waals surface area contributed by atoms with E-state index in [-0.39, 0.29) is 0 Å². The predicted octanol–water partition coefficient (Wildman–Crippen LogP) is 2.61. The molecule has 2 N–H and O–H groups in total. The topological polar surface area (TPSA) is 35.2 Å². The van der Waals surface area contributed by atoms with Crippen molar-refractivity contribution in [3.63, 3.8) is 0 Å². The van der Waals surface area contributed by atoms with Gasteiger partial charge in [0.2, 0.25) is 0 Å². The highest BCUT2D eigenvalue weighted by molar-refractivity contribution is 5.27. The Balaban J connectivity index is 2.42. The van der Waals surface area contributed by atoms with Crippen LogP contribution in [-0.2, 0) is 6.42 Å². The maximum atomic E-state index is 5.66. The number of rotatable bonds is 6. The third-order valence-corrected chi connectivity index (χ3v) is 2.59. The monoisotopic (exact) mass is 207 g/mol. The van der Waals surface area contributed by atoms with Crippen LogP contribution >= 0.6 is 0 Å². The van der Waals surface area contributed by atoms with Crippen molar-refractivity contribution in [3.05, 3.63) is 29.8 Å². The Bertz CT molecular complexity index is 268. The third-order valence-electron chi connectivity index (χ3n) is 2.59. The van der Waals surface area contributed by atoms with E-state index in [1.807, 2.05) is 12.1 Å². The molecule has 0 amide bonds. The fourth-order valence-electron chi connectivity index (χ4n) is 1.28. The van der Waals surface area contributed by atoms with Crippen LogP contribution < -0.4 is 10.5 Å². The maximum Gasteiger partial charge on any atom is 0.119 e. The van der Waals surface area contributed by atoms with Crippen LogP contribution in [0.5, 0.6) is 5.75 Å². The second kappa shape index (κ2) is 6.46. The van der Waals surface area contributed by atoms with Gasteiger partial charge in [-0.15, -0.1) is 0 Å². The Labute approximate surface area is 92.4 Å². The predicted molar refractivity (Wildman–Crippen MR) is 64.2 cm³/mol. The molecule has 0 radical (unpaired) electrons. The van der Waals surface area contributed by atoms with E-state index >= 15 is 0 Å². The van der Waals surface area contributed by atoms with Gasteiger partial charge in [0.15, 0.2) is 0 Å². The molecule has 1 atom stereocenters. The van der Waals surface area contributed by atoms with Crippen LogP contribution in [0.3, 0.4) is 0 Å². The average molecular weight is 207 g/mol. The number of ether oxygens (including phenoxy) is 1. The zero-order valence-electron chi connectivity index (χ0n) is 9.70. The molecule has 0 aromatic heterocycles. The number of nitrogens with two attached hydrogens (primary N) is 1.